The summed E-state index contributed by atoms with van der Waals surface area (Å²) in [6.45, 7) is 1.07. The average Bonchev–Trinajstić information content (AvgIpc) is 2.78. The van der Waals surface area contributed by atoms with Crippen molar-refractivity contribution in [2.75, 3.05) is 19.8 Å². The van der Waals surface area contributed by atoms with Gasteiger partial charge in [0.2, 0.25) is 5.91 Å². The Morgan fingerprint density at radius 2 is 2.17 bits per heavy atom. The molecule has 0 radical (unpaired) electrons. The van der Waals surface area contributed by atoms with Gasteiger partial charge in [0.1, 0.15) is 5.60 Å². The number of rotatable bonds is 4. The smallest absolute Gasteiger partial charge is 0.224 e. The van der Waals surface area contributed by atoms with E-state index in [0.29, 0.717) is 18.1 Å². The summed E-state index contributed by atoms with van der Waals surface area (Å²) in [4.78, 5) is 11.7. The highest BCUT2D eigenvalue weighted by molar-refractivity contribution is 6.30. The number of benzene rings is 1. The Bertz CT molecular complexity index is 413. The molecule has 18 heavy (non-hydrogen) atoms. The van der Waals surface area contributed by atoms with Crippen LogP contribution in [0.5, 0.6) is 0 Å². The van der Waals surface area contributed by atoms with Crippen LogP contribution >= 0.6 is 11.6 Å². The van der Waals surface area contributed by atoms with Gasteiger partial charge in [0.15, 0.2) is 0 Å². The normalized spacial score (nSPS) is 23.0. The first-order chi connectivity index (χ1) is 8.57. The molecule has 1 heterocycles. The predicted octanol–water partition coefficient (Wildman–Crippen LogP) is 1.15. The van der Waals surface area contributed by atoms with Crippen molar-refractivity contribution in [1.82, 2.24) is 5.32 Å². The molecule has 1 aliphatic rings. The number of carbonyl (C=O) groups excluding carboxylic acids is 1. The van der Waals surface area contributed by atoms with Crippen molar-refractivity contribution in [2.24, 2.45) is 0 Å². The summed E-state index contributed by atoms with van der Waals surface area (Å²) in [5.41, 5.74) is -0.0121. The number of halogens is 1. The zero-order valence-corrected chi connectivity index (χ0v) is 10.7. The molecule has 1 saturated heterocycles. The average molecular weight is 270 g/mol. The van der Waals surface area contributed by atoms with Crippen LogP contribution < -0.4 is 5.32 Å². The first-order valence-electron chi connectivity index (χ1n) is 5.89. The number of carbonyl (C=O) groups is 1. The molecular weight excluding hydrogens is 254 g/mol. The summed E-state index contributed by atoms with van der Waals surface area (Å²) in [7, 11) is 0. The highest BCUT2D eigenvalue weighted by atomic mass is 35.5. The van der Waals surface area contributed by atoms with E-state index in [-0.39, 0.29) is 25.5 Å². The van der Waals surface area contributed by atoms with Crippen molar-refractivity contribution in [1.29, 1.82) is 0 Å². The first-order valence-corrected chi connectivity index (χ1v) is 6.26. The maximum Gasteiger partial charge on any atom is 0.224 e. The molecule has 0 bridgehead atoms. The summed E-state index contributed by atoms with van der Waals surface area (Å²) in [5, 5.41) is 13.4. The van der Waals surface area contributed by atoms with Crippen LogP contribution in [-0.4, -0.2) is 36.4 Å². The highest BCUT2D eigenvalue weighted by Crippen LogP contribution is 2.17. The second-order valence-corrected chi connectivity index (χ2v) is 5.04. The van der Waals surface area contributed by atoms with E-state index >= 15 is 0 Å². The molecule has 1 amide bonds. The lowest BCUT2D eigenvalue weighted by molar-refractivity contribution is -0.121. The lowest BCUT2D eigenvalue weighted by Gasteiger charge is -2.20. The Morgan fingerprint density at radius 3 is 2.78 bits per heavy atom. The summed E-state index contributed by atoms with van der Waals surface area (Å²) in [5.74, 6) is -0.113. The van der Waals surface area contributed by atoms with E-state index in [2.05, 4.69) is 5.32 Å². The molecule has 0 spiro atoms. The topological polar surface area (TPSA) is 58.6 Å². The van der Waals surface area contributed by atoms with Gasteiger partial charge in [-0.25, -0.2) is 0 Å². The minimum atomic E-state index is -0.907. The van der Waals surface area contributed by atoms with Crippen LogP contribution in [0, 0.1) is 0 Å². The summed E-state index contributed by atoms with van der Waals surface area (Å²) in [6, 6.07) is 7.13. The van der Waals surface area contributed by atoms with E-state index in [0.717, 1.165) is 5.56 Å². The number of hydrogen-bond donors (Lipinski definition) is 2. The Kier molecular flexibility index (Phi) is 4.22. The molecule has 1 aromatic carbocycles. The van der Waals surface area contributed by atoms with Crippen LogP contribution in [0.1, 0.15) is 12.0 Å². The number of nitrogens with one attached hydrogen (secondary N) is 1. The molecule has 1 aliphatic heterocycles. The fourth-order valence-electron chi connectivity index (χ4n) is 1.85. The van der Waals surface area contributed by atoms with Crippen molar-refractivity contribution in [2.45, 2.75) is 18.4 Å². The molecule has 0 saturated carbocycles. The quantitative estimate of drug-likeness (QED) is 0.862. The van der Waals surface area contributed by atoms with Gasteiger partial charge in [0.05, 0.1) is 13.0 Å². The van der Waals surface area contributed by atoms with E-state index in [1.807, 2.05) is 12.1 Å². The summed E-state index contributed by atoms with van der Waals surface area (Å²) >= 11 is 5.77. The van der Waals surface area contributed by atoms with Gasteiger partial charge in [-0.15, -0.1) is 0 Å². The molecule has 2 N–H and O–H groups in total. The van der Waals surface area contributed by atoms with Crippen molar-refractivity contribution < 1.29 is 14.6 Å². The lowest BCUT2D eigenvalue weighted by Crippen LogP contribution is -2.43. The van der Waals surface area contributed by atoms with Gasteiger partial charge < -0.3 is 15.2 Å². The molecular formula is C13H16ClNO3. The van der Waals surface area contributed by atoms with Crippen molar-refractivity contribution in [3.63, 3.8) is 0 Å². The lowest BCUT2D eigenvalue weighted by atomic mass is 10.0. The third kappa shape index (κ3) is 3.70. The van der Waals surface area contributed by atoms with Crippen LogP contribution in [-0.2, 0) is 16.0 Å². The molecule has 1 atom stereocenters. The first kappa shape index (κ1) is 13.3. The van der Waals surface area contributed by atoms with Gasteiger partial charge >= 0.3 is 0 Å². The van der Waals surface area contributed by atoms with Crippen LogP contribution in [0.4, 0.5) is 0 Å². The molecule has 1 fully saturated rings. The molecule has 1 unspecified atom stereocenters. The molecule has 4 nitrogen and oxygen atoms in total. The fourth-order valence-corrected chi connectivity index (χ4v) is 1.98. The largest absolute Gasteiger partial charge is 0.386 e. The molecule has 2 rings (SSSR count). The Labute approximate surface area is 111 Å². The van der Waals surface area contributed by atoms with Crippen molar-refractivity contribution >= 4 is 17.5 Å². The second-order valence-electron chi connectivity index (χ2n) is 4.61. The van der Waals surface area contributed by atoms with Crippen LogP contribution in [0.3, 0.4) is 0 Å². The maximum absolute atomic E-state index is 11.7. The zero-order valence-electron chi connectivity index (χ0n) is 9.99. The SMILES string of the molecule is O=C(Cc1ccc(Cl)cc1)NCC1(O)CCOC1. The predicted molar refractivity (Wildman–Crippen MR) is 68.6 cm³/mol. The molecule has 0 aliphatic carbocycles. The molecule has 5 heteroatoms. The van der Waals surface area contributed by atoms with Gasteiger partial charge in [-0.3, -0.25) is 4.79 Å². The maximum atomic E-state index is 11.7. The minimum absolute atomic E-state index is 0.113. The number of ether oxygens (including phenoxy) is 1. The Morgan fingerprint density at radius 1 is 1.44 bits per heavy atom. The van der Waals surface area contributed by atoms with Crippen molar-refractivity contribution in [3.8, 4) is 0 Å². The third-order valence-corrected chi connectivity index (χ3v) is 3.23. The van der Waals surface area contributed by atoms with Crippen LogP contribution in [0.15, 0.2) is 24.3 Å². The van der Waals surface area contributed by atoms with Crippen LogP contribution in [0.2, 0.25) is 5.02 Å². The summed E-state index contributed by atoms with van der Waals surface area (Å²) < 4.78 is 5.11. The van der Waals surface area contributed by atoms with Crippen molar-refractivity contribution in [3.05, 3.63) is 34.9 Å². The van der Waals surface area contributed by atoms with Gasteiger partial charge in [-0.2, -0.15) is 0 Å². The molecule has 1 aromatic rings. The number of hydrogen-bond acceptors (Lipinski definition) is 3. The zero-order chi connectivity index (χ0) is 13.0. The van der Waals surface area contributed by atoms with Crippen LogP contribution in [0.25, 0.3) is 0 Å². The van der Waals surface area contributed by atoms with E-state index < -0.39 is 5.60 Å². The van der Waals surface area contributed by atoms with E-state index in [1.165, 1.54) is 0 Å². The number of aliphatic hydroxyl groups is 1. The fraction of sp³-hybridized carbons (Fsp3) is 0.462. The van der Waals surface area contributed by atoms with E-state index in [4.69, 9.17) is 16.3 Å². The van der Waals surface area contributed by atoms with Gasteiger partial charge in [0.25, 0.3) is 0 Å². The van der Waals surface area contributed by atoms with E-state index in [9.17, 15) is 9.90 Å². The highest BCUT2D eigenvalue weighted by Gasteiger charge is 2.32. The molecule has 98 valence electrons. The molecule has 0 aromatic heterocycles. The second kappa shape index (κ2) is 5.69. The third-order valence-electron chi connectivity index (χ3n) is 2.98. The van der Waals surface area contributed by atoms with Gasteiger partial charge in [0, 0.05) is 24.6 Å². The number of amides is 1. The standard InChI is InChI=1S/C13H16ClNO3/c14-11-3-1-10(2-4-11)7-12(16)15-8-13(17)5-6-18-9-13/h1-4,17H,5-9H2,(H,15,16). The monoisotopic (exact) mass is 269 g/mol. The minimum Gasteiger partial charge on any atom is -0.386 e. The van der Waals surface area contributed by atoms with E-state index in [1.54, 1.807) is 12.1 Å². The summed E-state index contributed by atoms with van der Waals surface area (Å²) in [6.07, 6.45) is 0.850. The Hall–Kier alpha value is -1.10. The Balaban J connectivity index is 1.80. The van der Waals surface area contributed by atoms with Gasteiger partial charge in [-0.1, -0.05) is 23.7 Å². The van der Waals surface area contributed by atoms with Gasteiger partial charge in [-0.05, 0) is 17.7 Å².